The molecule has 0 atom stereocenters. The summed E-state index contributed by atoms with van der Waals surface area (Å²) in [7, 11) is 1.93. The Morgan fingerprint density at radius 1 is 1.44 bits per heavy atom. The van der Waals surface area contributed by atoms with E-state index in [9.17, 15) is 0 Å². The van der Waals surface area contributed by atoms with Crippen molar-refractivity contribution in [3.05, 3.63) is 44.3 Å². The van der Waals surface area contributed by atoms with E-state index < -0.39 is 0 Å². The maximum absolute atomic E-state index is 5.74. The second kappa shape index (κ2) is 6.31. The van der Waals surface area contributed by atoms with E-state index in [-0.39, 0.29) is 0 Å². The number of nitrogens with zero attached hydrogens (tertiary/aromatic N) is 1. The number of rotatable bonds is 5. The van der Waals surface area contributed by atoms with Crippen molar-refractivity contribution < 1.29 is 4.74 Å². The summed E-state index contributed by atoms with van der Waals surface area (Å²) in [5.74, 6) is 0.870. The van der Waals surface area contributed by atoms with Crippen molar-refractivity contribution in [2.24, 2.45) is 0 Å². The topological polar surface area (TPSA) is 34.1 Å². The van der Waals surface area contributed by atoms with Crippen molar-refractivity contribution in [3.63, 3.8) is 0 Å². The van der Waals surface area contributed by atoms with Crippen LogP contribution in [-0.4, -0.2) is 12.0 Å². The number of aryl methyl sites for hydroxylation is 1. The molecule has 1 heterocycles. The first-order chi connectivity index (χ1) is 8.69. The van der Waals surface area contributed by atoms with E-state index in [1.54, 1.807) is 11.3 Å². The molecular formula is C13H15BrN2OS. The fourth-order valence-electron chi connectivity index (χ4n) is 1.60. The fourth-order valence-corrected chi connectivity index (χ4v) is 2.58. The summed E-state index contributed by atoms with van der Waals surface area (Å²) in [5, 5.41) is 6.23. The van der Waals surface area contributed by atoms with Crippen LogP contribution in [0.1, 0.15) is 16.3 Å². The Morgan fingerprint density at radius 3 is 2.94 bits per heavy atom. The molecule has 0 unspecified atom stereocenters. The van der Waals surface area contributed by atoms with Crippen molar-refractivity contribution in [2.75, 3.05) is 7.05 Å². The van der Waals surface area contributed by atoms with Gasteiger partial charge in [0.05, 0.1) is 10.7 Å². The smallest absolute Gasteiger partial charge is 0.131 e. The first-order valence-corrected chi connectivity index (χ1v) is 7.33. The van der Waals surface area contributed by atoms with Gasteiger partial charge in [-0.3, -0.25) is 0 Å². The molecule has 18 heavy (non-hydrogen) atoms. The molecule has 1 aromatic carbocycles. The predicted molar refractivity (Wildman–Crippen MR) is 78.1 cm³/mol. The third-order valence-corrected chi connectivity index (χ3v) is 4.03. The average molecular weight is 327 g/mol. The molecule has 0 aliphatic rings. The number of halogens is 1. The van der Waals surface area contributed by atoms with Crippen LogP contribution < -0.4 is 10.1 Å². The molecule has 5 heteroatoms. The van der Waals surface area contributed by atoms with Crippen molar-refractivity contribution in [1.29, 1.82) is 0 Å². The van der Waals surface area contributed by atoms with Gasteiger partial charge in [0.25, 0.3) is 0 Å². The summed E-state index contributed by atoms with van der Waals surface area (Å²) >= 11 is 5.17. The Hall–Kier alpha value is -0.910. The van der Waals surface area contributed by atoms with Crippen LogP contribution in [0.4, 0.5) is 0 Å². The monoisotopic (exact) mass is 326 g/mol. The van der Waals surface area contributed by atoms with Crippen LogP contribution in [0.25, 0.3) is 0 Å². The van der Waals surface area contributed by atoms with Crippen LogP contribution >= 0.6 is 27.3 Å². The lowest BCUT2D eigenvalue weighted by atomic mass is 10.2. The highest BCUT2D eigenvalue weighted by Crippen LogP contribution is 2.23. The van der Waals surface area contributed by atoms with Gasteiger partial charge in [0.15, 0.2) is 0 Å². The maximum atomic E-state index is 5.74. The van der Waals surface area contributed by atoms with Crippen LogP contribution in [0.15, 0.2) is 28.1 Å². The summed E-state index contributed by atoms with van der Waals surface area (Å²) in [4.78, 5) is 4.37. The zero-order chi connectivity index (χ0) is 13.0. The van der Waals surface area contributed by atoms with Crippen LogP contribution in [0.3, 0.4) is 0 Å². The molecule has 2 aromatic rings. The zero-order valence-electron chi connectivity index (χ0n) is 10.4. The Labute approximate surface area is 119 Å². The number of nitrogens with one attached hydrogen (secondary N) is 1. The zero-order valence-corrected chi connectivity index (χ0v) is 12.8. The Balaban J connectivity index is 2.03. The highest BCUT2D eigenvalue weighted by Gasteiger charge is 2.03. The van der Waals surface area contributed by atoms with E-state index >= 15 is 0 Å². The van der Waals surface area contributed by atoms with E-state index in [1.807, 2.05) is 37.6 Å². The van der Waals surface area contributed by atoms with Gasteiger partial charge in [0.2, 0.25) is 0 Å². The lowest BCUT2D eigenvalue weighted by Crippen LogP contribution is -2.06. The summed E-state index contributed by atoms with van der Waals surface area (Å²) < 4.78 is 6.83. The molecule has 1 N–H and O–H groups in total. The number of thiazole rings is 1. The van der Waals surface area contributed by atoms with Gasteiger partial charge in [-0.05, 0) is 37.7 Å². The molecule has 0 fully saturated rings. The van der Waals surface area contributed by atoms with Gasteiger partial charge < -0.3 is 10.1 Å². The third kappa shape index (κ3) is 3.54. The molecule has 0 aliphatic heterocycles. The van der Waals surface area contributed by atoms with Crippen molar-refractivity contribution >= 4 is 27.3 Å². The van der Waals surface area contributed by atoms with Crippen LogP contribution in [-0.2, 0) is 13.2 Å². The number of ether oxygens (including phenoxy) is 1. The number of hydrogen-bond acceptors (Lipinski definition) is 4. The molecule has 1 aromatic heterocycles. The normalized spacial score (nSPS) is 10.6. The highest BCUT2D eigenvalue weighted by molar-refractivity contribution is 9.10. The van der Waals surface area contributed by atoms with Gasteiger partial charge in [-0.15, -0.1) is 11.3 Å². The van der Waals surface area contributed by atoms with Gasteiger partial charge in [0, 0.05) is 16.4 Å². The second-order valence-corrected chi connectivity index (χ2v) is 5.85. The molecule has 0 radical (unpaired) electrons. The number of benzene rings is 1. The molecule has 0 aliphatic carbocycles. The second-order valence-electron chi connectivity index (χ2n) is 3.93. The Bertz CT molecular complexity index is 527. The standard InChI is InChI=1S/C13H15BrN2OS/c1-9-16-11(8-18-9)7-17-12-3-4-13(14)10(5-12)6-15-2/h3-5,8,15H,6-7H2,1-2H3. The summed E-state index contributed by atoms with van der Waals surface area (Å²) in [6, 6.07) is 6.01. The van der Waals surface area contributed by atoms with Crippen molar-refractivity contribution in [2.45, 2.75) is 20.1 Å². The quantitative estimate of drug-likeness (QED) is 0.912. The molecule has 96 valence electrons. The Morgan fingerprint density at radius 2 is 2.28 bits per heavy atom. The highest BCUT2D eigenvalue weighted by atomic mass is 79.9. The molecule has 0 spiro atoms. The lowest BCUT2D eigenvalue weighted by Gasteiger charge is -2.08. The number of aromatic nitrogens is 1. The van der Waals surface area contributed by atoms with Gasteiger partial charge in [-0.25, -0.2) is 4.98 Å². The first kappa shape index (κ1) is 13.5. The van der Waals surface area contributed by atoms with Crippen LogP contribution in [0.5, 0.6) is 5.75 Å². The van der Waals surface area contributed by atoms with E-state index in [0.717, 1.165) is 27.5 Å². The lowest BCUT2D eigenvalue weighted by molar-refractivity contribution is 0.301. The van der Waals surface area contributed by atoms with Crippen molar-refractivity contribution in [1.82, 2.24) is 10.3 Å². The van der Waals surface area contributed by atoms with E-state index in [0.29, 0.717) is 6.61 Å². The minimum atomic E-state index is 0.519. The van der Waals surface area contributed by atoms with Crippen molar-refractivity contribution in [3.8, 4) is 5.75 Å². The fraction of sp³-hybridized carbons (Fsp3) is 0.308. The van der Waals surface area contributed by atoms with Crippen LogP contribution in [0.2, 0.25) is 0 Å². The van der Waals surface area contributed by atoms with Gasteiger partial charge in [-0.1, -0.05) is 15.9 Å². The molecule has 0 amide bonds. The minimum Gasteiger partial charge on any atom is -0.487 e. The molecule has 2 rings (SSSR count). The van der Waals surface area contributed by atoms with Gasteiger partial charge in [0.1, 0.15) is 12.4 Å². The molecule has 0 saturated carbocycles. The number of hydrogen-bond donors (Lipinski definition) is 1. The van der Waals surface area contributed by atoms with Crippen LogP contribution in [0, 0.1) is 6.92 Å². The summed E-state index contributed by atoms with van der Waals surface area (Å²) in [5.41, 5.74) is 2.17. The van der Waals surface area contributed by atoms with Gasteiger partial charge >= 0.3 is 0 Å². The predicted octanol–water partition coefficient (Wildman–Crippen LogP) is 3.51. The SMILES string of the molecule is CNCc1cc(OCc2csc(C)n2)ccc1Br. The van der Waals surface area contributed by atoms with E-state index in [1.165, 1.54) is 5.56 Å². The average Bonchev–Trinajstić information content (AvgIpc) is 2.76. The van der Waals surface area contributed by atoms with E-state index in [2.05, 4.69) is 26.2 Å². The molecule has 0 bridgehead atoms. The largest absolute Gasteiger partial charge is 0.487 e. The third-order valence-electron chi connectivity index (χ3n) is 2.44. The Kier molecular flexibility index (Phi) is 4.74. The van der Waals surface area contributed by atoms with E-state index in [4.69, 9.17) is 4.74 Å². The molecule has 0 saturated heterocycles. The summed E-state index contributed by atoms with van der Waals surface area (Å²) in [6.07, 6.45) is 0. The van der Waals surface area contributed by atoms with Gasteiger partial charge in [-0.2, -0.15) is 0 Å². The minimum absolute atomic E-state index is 0.519. The summed E-state index contributed by atoms with van der Waals surface area (Å²) in [6.45, 7) is 3.33. The molecule has 3 nitrogen and oxygen atoms in total. The maximum Gasteiger partial charge on any atom is 0.131 e. The molecular weight excluding hydrogens is 312 g/mol. The first-order valence-electron chi connectivity index (χ1n) is 5.66.